The van der Waals surface area contributed by atoms with E-state index in [1.54, 1.807) is 25.4 Å². The smallest absolute Gasteiger partial charge is 0.269 e. The third kappa shape index (κ3) is 4.56. The minimum absolute atomic E-state index is 0.245. The molecule has 2 rings (SSSR count). The van der Waals surface area contributed by atoms with E-state index in [-0.39, 0.29) is 5.91 Å². The zero-order chi connectivity index (χ0) is 16.5. The van der Waals surface area contributed by atoms with Crippen molar-refractivity contribution in [1.29, 1.82) is 0 Å². The summed E-state index contributed by atoms with van der Waals surface area (Å²) in [4.78, 5) is 15.5. The molecule has 5 heteroatoms. The number of benzene rings is 1. The Morgan fingerprint density at radius 2 is 2.00 bits per heavy atom. The van der Waals surface area contributed by atoms with Crippen LogP contribution in [-0.2, 0) is 6.54 Å². The van der Waals surface area contributed by atoms with Crippen LogP contribution in [0.15, 0.2) is 36.5 Å². The average molecular weight is 301 g/mol. The highest BCUT2D eigenvalue weighted by Crippen LogP contribution is 2.25. The van der Waals surface area contributed by atoms with Crippen molar-refractivity contribution in [2.45, 2.75) is 27.3 Å². The van der Waals surface area contributed by atoms with Gasteiger partial charge in [-0.1, -0.05) is 26.0 Å². The predicted octanol–water partition coefficient (Wildman–Crippen LogP) is 3.03. The van der Waals surface area contributed by atoms with Crippen molar-refractivity contribution in [2.24, 2.45) is 5.73 Å². The summed E-state index contributed by atoms with van der Waals surface area (Å²) in [7, 11) is 1.56. The highest BCUT2D eigenvalue weighted by Gasteiger charge is 2.08. The molecular formula is C17H23N3O2. The monoisotopic (exact) mass is 301 g/mol. The first-order chi connectivity index (χ1) is 10.6. The molecule has 2 aromatic rings. The van der Waals surface area contributed by atoms with Gasteiger partial charge in [0.2, 0.25) is 0 Å². The quantitative estimate of drug-likeness (QED) is 0.910. The number of rotatable bonds is 4. The van der Waals surface area contributed by atoms with Crippen LogP contribution in [0.2, 0.25) is 0 Å². The summed E-state index contributed by atoms with van der Waals surface area (Å²) < 4.78 is 5.78. The number of aryl methyl sites for hydroxylation is 1. The van der Waals surface area contributed by atoms with Crippen LogP contribution in [0.25, 0.3) is 0 Å². The minimum Gasteiger partial charge on any atom is -0.457 e. The molecule has 1 amide bonds. The Balaban J connectivity index is 0.00000116. The highest BCUT2D eigenvalue weighted by molar-refractivity contribution is 5.92. The number of nitrogens with one attached hydrogen (secondary N) is 1. The third-order valence-electron chi connectivity index (χ3n) is 2.89. The molecule has 0 aliphatic heterocycles. The molecule has 118 valence electrons. The van der Waals surface area contributed by atoms with Crippen molar-refractivity contribution >= 4 is 5.91 Å². The van der Waals surface area contributed by atoms with Gasteiger partial charge in [-0.25, -0.2) is 0 Å². The largest absolute Gasteiger partial charge is 0.457 e. The lowest BCUT2D eigenvalue weighted by atomic mass is 10.1. The van der Waals surface area contributed by atoms with Gasteiger partial charge in [0.15, 0.2) is 0 Å². The van der Waals surface area contributed by atoms with Gasteiger partial charge >= 0.3 is 0 Å². The number of amides is 1. The zero-order valence-corrected chi connectivity index (χ0v) is 13.5. The van der Waals surface area contributed by atoms with E-state index in [1.807, 2.05) is 39.0 Å². The summed E-state index contributed by atoms with van der Waals surface area (Å²) in [6.45, 7) is 6.45. The van der Waals surface area contributed by atoms with Crippen molar-refractivity contribution in [1.82, 2.24) is 10.3 Å². The normalized spacial score (nSPS) is 9.50. The van der Waals surface area contributed by atoms with Crippen LogP contribution in [0.5, 0.6) is 11.5 Å². The van der Waals surface area contributed by atoms with Crippen molar-refractivity contribution in [3.05, 3.63) is 53.3 Å². The molecule has 1 heterocycles. The van der Waals surface area contributed by atoms with Gasteiger partial charge < -0.3 is 15.8 Å². The molecule has 0 spiro atoms. The molecule has 0 atom stereocenters. The van der Waals surface area contributed by atoms with E-state index in [4.69, 9.17) is 10.5 Å². The van der Waals surface area contributed by atoms with E-state index >= 15 is 0 Å². The molecule has 0 fully saturated rings. The molecule has 0 radical (unpaired) electrons. The Labute approximate surface area is 131 Å². The standard InChI is InChI=1S/C15H17N3O2.C2H6/c1-10-7-11(9-16)3-4-14(10)20-12-5-6-18-13(8-12)15(19)17-2;1-2/h3-8H,9,16H2,1-2H3,(H,17,19);1-2H3. The van der Waals surface area contributed by atoms with E-state index in [0.717, 1.165) is 16.9 Å². The van der Waals surface area contributed by atoms with Gasteiger partial charge in [-0.05, 0) is 30.2 Å². The van der Waals surface area contributed by atoms with Crippen LogP contribution in [0, 0.1) is 6.92 Å². The van der Waals surface area contributed by atoms with Crippen molar-refractivity contribution in [2.75, 3.05) is 7.05 Å². The van der Waals surface area contributed by atoms with Crippen LogP contribution in [-0.4, -0.2) is 17.9 Å². The second kappa shape index (κ2) is 8.79. The SMILES string of the molecule is CC.CNC(=O)c1cc(Oc2ccc(CN)cc2C)ccn1. The first-order valence-electron chi connectivity index (χ1n) is 7.29. The maximum atomic E-state index is 11.5. The Hall–Kier alpha value is -2.40. The number of carbonyl (C=O) groups excluding carboxylic acids is 1. The van der Waals surface area contributed by atoms with Gasteiger partial charge in [0, 0.05) is 25.9 Å². The fourth-order valence-electron chi connectivity index (χ4n) is 1.81. The average Bonchev–Trinajstić information content (AvgIpc) is 2.58. The molecule has 1 aromatic carbocycles. The van der Waals surface area contributed by atoms with Crippen LogP contribution >= 0.6 is 0 Å². The lowest BCUT2D eigenvalue weighted by molar-refractivity contribution is 0.0958. The molecule has 22 heavy (non-hydrogen) atoms. The molecule has 0 bridgehead atoms. The van der Waals surface area contributed by atoms with Gasteiger partial charge in [-0.2, -0.15) is 0 Å². The van der Waals surface area contributed by atoms with E-state index < -0.39 is 0 Å². The van der Waals surface area contributed by atoms with Crippen LogP contribution in [0.3, 0.4) is 0 Å². The summed E-state index contributed by atoms with van der Waals surface area (Å²) in [5.41, 5.74) is 7.96. The van der Waals surface area contributed by atoms with Crippen LogP contribution in [0.4, 0.5) is 0 Å². The van der Waals surface area contributed by atoms with Gasteiger partial charge in [-0.15, -0.1) is 0 Å². The number of ether oxygens (including phenoxy) is 1. The lowest BCUT2D eigenvalue weighted by Gasteiger charge is -2.10. The molecule has 0 saturated carbocycles. The van der Waals surface area contributed by atoms with Crippen LogP contribution < -0.4 is 15.8 Å². The number of aromatic nitrogens is 1. The summed E-state index contributed by atoms with van der Waals surface area (Å²) >= 11 is 0. The fourth-order valence-corrected chi connectivity index (χ4v) is 1.81. The first-order valence-corrected chi connectivity index (χ1v) is 7.29. The van der Waals surface area contributed by atoms with Gasteiger partial charge in [0.25, 0.3) is 5.91 Å². The van der Waals surface area contributed by atoms with E-state index in [1.165, 1.54) is 0 Å². The summed E-state index contributed by atoms with van der Waals surface area (Å²) in [5.74, 6) is 1.06. The fraction of sp³-hybridized carbons (Fsp3) is 0.294. The van der Waals surface area contributed by atoms with Crippen molar-refractivity contribution in [3.8, 4) is 11.5 Å². The molecular weight excluding hydrogens is 278 g/mol. The number of nitrogens with zero attached hydrogens (tertiary/aromatic N) is 1. The summed E-state index contributed by atoms with van der Waals surface area (Å²) in [5, 5.41) is 2.53. The second-order valence-corrected chi connectivity index (χ2v) is 4.36. The first kappa shape index (κ1) is 17.7. The van der Waals surface area contributed by atoms with Gasteiger partial charge in [-0.3, -0.25) is 9.78 Å². The highest BCUT2D eigenvalue weighted by atomic mass is 16.5. The predicted molar refractivity (Wildman–Crippen MR) is 88.1 cm³/mol. The minimum atomic E-state index is -0.245. The Morgan fingerprint density at radius 3 is 2.59 bits per heavy atom. The zero-order valence-electron chi connectivity index (χ0n) is 13.5. The molecule has 0 aliphatic rings. The molecule has 0 unspecified atom stereocenters. The topological polar surface area (TPSA) is 77.2 Å². The number of nitrogens with two attached hydrogens (primary N) is 1. The number of hydrogen-bond acceptors (Lipinski definition) is 4. The molecule has 5 nitrogen and oxygen atoms in total. The number of carbonyl (C=O) groups is 1. The molecule has 0 saturated heterocycles. The third-order valence-corrected chi connectivity index (χ3v) is 2.89. The summed E-state index contributed by atoms with van der Waals surface area (Å²) in [6.07, 6.45) is 1.55. The van der Waals surface area contributed by atoms with Crippen molar-refractivity contribution < 1.29 is 9.53 Å². The Bertz CT molecular complexity index is 627. The Morgan fingerprint density at radius 1 is 1.27 bits per heavy atom. The maximum absolute atomic E-state index is 11.5. The molecule has 0 aliphatic carbocycles. The lowest BCUT2D eigenvalue weighted by Crippen LogP contribution is -2.18. The van der Waals surface area contributed by atoms with Crippen molar-refractivity contribution in [3.63, 3.8) is 0 Å². The number of hydrogen-bond donors (Lipinski definition) is 2. The van der Waals surface area contributed by atoms with Gasteiger partial charge in [0.1, 0.15) is 17.2 Å². The second-order valence-electron chi connectivity index (χ2n) is 4.36. The molecule has 3 N–H and O–H groups in total. The summed E-state index contributed by atoms with van der Waals surface area (Å²) in [6, 6.07) is 9.09. The Kier molecular flexibility index (Phi) is 7.05. The van der Waals surface area contributed by atoms with Gasteiger partial charge in [0.05, 0.1) is 0 Å². The van der Waals surface area contributed by atoms with E-state index in [0.29, 0.717) is 18.0 Å². The van der Waals surface area contributed by atoms with E-state index in [9.17, 15) is 4.79 Å². The molecule has 1 aromatic heterocycles. The maximum Gasteiger partial charge on any atom is 0.269 e. The van der Waals surface area contributed by atoms with Crippen LogP contribution in [0.1, 0.15) is 35.5 Å². The number of pyridine rings is 1. The van der Waals surface area contributed by atoms with E-state index in [2.05, 4.69) is 10.3 Å².